The summed E-state index contributed by atoms with van der Waals surface area (Å²) in [5.74, 6) is -0.335. The van der Waals surface area contributed by atoms with Crippen LogP contribution in [0.15, 0.2) is 47.6 Å². The number of hydrogen-bond acceptors (Lipinski definition) is 8. The monoisotopic (exact) mass is 536 g/mol. The van der Waals surface area contributed by atoms with Crippen LogP contribution in [0.25, 0.3) is 0 Å². The molecule has 1 aliphatic heterocycles. The predicted octanol–water partition coefficient (Wildman–Crippen LogP) is 3.36. The van der Waals surface area contributed by atoms with Crippen LogP contribution >= 0.6 is 0 Å². The summed E-state index contributed by atoms with van der Waals surface area (Å²) in [7, 11) is -2.29. The lowest BCUT2D eigenvalue weighted by Crippen LogP contribution is -2.51. The Morgan fingerprint density at radius 1 is 1.26 bits per heavy atom. The Bertz CT molecular complexity index is 1510. The molecule has 1 aliphatic carbocycles. The Hall–Kier alpha value is -3.66. The highest BCUT2D eigenvalue weighted by Crippen LogP contribution is 2.47. The zero-order chi connectivity index (χ0) is 27.1. The quantitative estimate of drug-likeness (QED) is 0.422. The fourth-order valence-corrected chi connectivity index (χ4v) is 6.26. The van der Waals surface area contributed by atoms with Crippen molar-refractivity contribution in [2.75, 3.05) is 31.5 Å². The van der Waals surface area contributed by atoms with Gasteiger partial charge < -0.3 is 10.7 Å². The van der Waals surface area contributed by atoms with Gasteiger partial charge in [-0.2, -0.15) is 19.5 Å². The van der Waals surface area contributed by atoms with Crippen molar-refractivity contribution in [2.45, 2.75) is 30.8 Å². The highest BCUT2D eigenvalue weighted by Gasteiger charge is 2.47. The Balaban J connectivity index is 1.50. The number of halogens is 1. The van der Waals surface area contributed by atoms with Crippen LogP contribution < -0.4 is 5.32 Å². The average Bonchev–Trinajstić information content (AvgIpc) is 3.54. The van der Waals surface area contributed by atoms with E-state index in [0.29, 0.717) is 30.0 Å². The van der Waals surface area contributed by atoms with Gasteiger partial charge in [0.15, 0.2) is 0 Å². The van der Waals surface area contributed by atoms with E-state index in [-0.39, 0.29) is 30.0 Å². The molecule has 38 heavy (non-hydrogen) atoms. The number of nitrogens with one attached hydrogen (secondary N) is 2. The first kappa shape index (κ1) is 26.0. The summed E-state index contributed by atoms with van der Waals surface area (Å²) in [5, 5.41) is 28.9. The van der Waals surface area contributed by atoms with Crippen molar-refractivity contribution in [3.63, 3.8) is 0 Å². The van der Waals surface area contributed by atoms with E-state index in [2.05, 4.69) is 26.5 Å². The Kier molecular flexibility index (Phi) is 6.77. The molecule has 2 aliphatic rings. The molecule has 1 aromatic heterocycles. The summed E-state index contributed by atoms with van der Waals surface area (Å²) in [6.07, 6.45) is 4.16. The summed E-state index contributed by atoms with van der Waals surface area (Å²) in [5.41, 5.74) is 3.40. The number of aromatic nitrogens is 3. The van der Waals surface area contributed by atoms with Gasteiger partial charge in [-0.1, -0.05) is 0 Å². The number of nitriles is 1. The molecule has 1 unspecified atom stereocenters. The summed E-state index contributed by atoms with van der Waals surface area (Å²) < 4.78 is 41.6. The molecule has 198 valence electrons. The van der Waals surface area contributed by atoms with Crippen LogP contribution in [0.3, 0.4) is 0 Å². The van der Waals surface area contributed by atoms with Gasteiger partial charge in [-0.05, 0) is 67.3 Å². The van der Waals surface area contributed by atoms with Gasteiger partial charge in [0, 0.05) is 62.4 Å². The fourth-order valence-electron chi connectivity index (χ4n) is 4.94. The number of hydrogen-bond donors (Lipinski definition) is 2. The van der Waals surface area contributed by atoms with E-state index < -0.39 is 15.4 Å². The van der Waals surface area contributed by atoms with Crippen molar-refractivity contribution in [2.24, 2.45) is 12.5 Å². The minimum absolute atomic E-state index is 0.0985. The van der Waals surface area contributed by atoms with Crippen molar-refractivity contribution in [3.8, 4) is 6.07 Å². The maximum absolute atomic E-state index is 13.4. The van der Waals surface area contributed by atoms with E-state index in [1.54, 1.807) is 19.2 Å². The molecule has 2 aromatic carbocycles. The molecule has 12 heteroatoms. The van der Waals surface area contributed by atoms with Gasteiger partial charge >= 0.3 is 0 Å². The van der Waals surface area contributed by atoms with Crippen LogP contribution in [0.2, 0.25) is 0 Å². The second-order valence-corrected chi connectivity index (χ2v) is 11.9. The number of sulfonamides is 1. The number of piperazine rings is 1. The molecule has 2 fully saturated rings. The molecular weight excluding hydrogens is 507 g/mol. The van der Waals surface area contributed by atoms with Gasteiger partial charge in [-0.25, -0.2) is 12.8 Å². The lowest BCUT2D eigenvalue weighted by atomic mass is 9.94. The average molecular weight is 537 g/mol. The largest absolute Gasteiger partial charge is 0.355 e. The number of aryl methyl sites for hydroxylation is 2. The lowest BCUT2D eigenvalue weighted by Gasteiger charge is -2.42. The minimum atomic E-state index is -3.86. The van der Waals surface area contributed by atoms with Gasteiger partial charge in [0.25, 0.3) is 10.0 Å². The highest BCUT2D eigenvalue weighted by molar-refractivity contribution is 7.89. The molecule has 0 bridgehead atoms. The maximum Gasteiger partial charge on any atom is 0.264 e. The number of benzene rings is 2. The van der Waals surface area contributed by atoms with E-state index in [0.717, 1.165) is 24.0 Å². The van der Waals surface area contributed by atoms with Gasteiger partial charge in [0.05, 0.1) is 17.7 Å². The first-order valence-corrected chi connectivity index (χ1v) is 13.8. The predicted molar refractivity (Wildman–Crippen MR) is 140 cm³/mol. The first-order chi connectivity index (χ1) is 18.1. The van der Waals surface area contributed by atoms with Gasteiger partial charge in [0.2, 0.25) is 5.03 Å². The Morgan fingerprint density at radius 2 is 2.00 bits per heavy atom. The Morgan fingerprint density at radius 3 is 2.61 bits per heavy atom. The molecule has 5 rings (SSSR count). The number of rotatable bonds is 8. The summed E-state index contributed by atoms with van der Waals surface area (Å²) in [6, 6.07) is 11.9. The first-order valence-electron chi connectivity index (χ1n) is 12.3. The zero-order valence-electron chi connectivity index (χ0n) is 21.2. The summed E-state index contributed by atoms with van der Waals surface area (Å²) in [6.45, 7) is 3.43. The standard InChI is InChI=1S/C26H29FN8O2S/c1-18-11-23(31-21-5-3-20(27)4-6-21)19(13-28)12-22(18)24-15-35(38(36,37)25-14-30-33(2)32-25)10-9-34(24)17-26(16-29)7-8-26/h3-6,11-14,24,28,31H,7-10,15,17H2,1-2H3. The highest BCUT2D eigenvalue weighted by atomic mass is 32.2. The van der Waals surface area contributed by atoms with E-state index in [4.69, 9.17) is 5.41 Å². The molecule has 10 nitrogen and oxygen atoms in total. The molecule has 1 atom stereocenters. The van der Waals surface area contributed by atoms with Crippen LogP contribution in [0, 0.1) is 34.9 Å². The van der Waals surface area contributed by atoms with Crippen molar-refractivity contribution in [1.29, 1.82) is 10.7 Å². The maximum atomic E-state index is 13.4. The lowest BCUT2D eigenvalue weighted by molar-refractivity contribution is 0.103. The van der Waals surface area contributed by atoms with Gasteiger partial charge in [-0.15, -0.1) is 5.10 Å². The van der Waals surface area contributed by atoms with Gasteiger partial charge in [-0.3, -0.25) is 4.90 Å². The van der Waals surface area contributed by atoms with E-state index in [1.807, 2.05) is 19.1 Å². The van der Waals surface area contributed by atoms with E-state index >= 15 is 0 Å². The van der Waals surface area contributed by atoms with Crippen LogP contribution in [0.5, 0.6) is 0 Å². The van der Waals surface area contributed by atoms with E-state index in [1.165, 1.54) is 33.6 Å². The van der Waals surface area contributed by atoms with Gasteiger partial charge in [0.1, 0.15) is 5.82 Å². The molecule has 1 saturated heterocycles. The second-order valence-electron chi connectivity index (χ2n) is 9.99. The minimum Gasteiger partial charge on any atom is -0.355 e. The van der Waals surface area contributed by atoms with Crippen molar-refractivity contribution in [3.05, 3.63) is 65.1 Å². The molecule has 0 radical (unpaired) electrons. The SMILES string of the molecule is Cc1cc(Nc2ccc(F)cc2)c(C=N)cc1C1CN(S(=O)(=O)c2cnn(C)n2)CCN1CC1(C#N)CC1. The number of anilines is 2. The molecular formula is C26H29FN8O2S. The smallest absolute Gasteiger partial charge is 0.264 e. The third-order valence-electron chi connectivity index (χ3n) is 7.31. The topological polar surface area (TPSA) is 131 Å². The van der Waals surface area contributed by atoms with E-state index in [9.17, 15) is 18.1 Å². The molecule has 0 spiro atoms. The van der Waals surface area contributed by atoms with Crippen LogP contribution in [0.1, 0.15) is 35.6 Å². The zero-order valence-corrected chi connectivity index (χ0v) is 22.0. The van der Waals surface area contributed by atoms with Crippen molar-refractivity contribution < 1.29 is 12.8 Å². The molecule has 3 aromatic rings. The van der Waals surface area contributed by atoms with Crippen LogP contribution in [-0.2, 0) is 17.1 Å². The fraction of sp³-hybridized carbons (Fsp3) is 0.385. The van der Waals surface area contributed by atoms with Crippen molar-refractivity contribution >= 4 is 27.6 Å². The Labute approximate surface area is 221 Å². The summed E-state index contributed by atoms with van der Waals surface area (Å²) in [4.78, 5) is 3.42. The summed E-state index contributed by atoms with van der Waals surface area (Å²) >= 11 is 0. The third-order valence-corrected chi connectivity index (χ3v) is 9.04. The molecule has 0 amide bonds. The molecule has 2 N–H and O–H groups in total. The number of nitrogens with zero attached hydrogens (tertiary/aromatic N) is 6. The molecule has 2 heterocycles. The second kappa shape index (κ2) is 9.90. The molecule has 1 saturated carbocycles. The van der Waals surface area contributed by atoms with Crippen LogP contribution in [-0.4, -0.2) is 65.0 Å². The third kappa shape index (κ3) is 5.05. The van der Waals surface area contributed by atoms with Crippen LogP contribution in [0.4, 0.5) is 15.8 Å². The normalized spacial score (nSPS) is 19.6. The van der Waals surface area contributed by atoms with Crippen molar-refractivity contribution in [1.82, 2.24) is 24.2 Å².